The van der Waals surface area contributed by atoms with Gasteiger partial charge in [-0.1, -0.05) is 0 Å². The van der Waals surface area contributed by atoms with E-state index in [1.807, 2.05) is 0 Å². The number of nitrogens with two attached hydrogens (primary N) is 1. The Morgan fingerprint density at radius 1 is 1.67 bits per heavy atom. The maximum Gasteiger partial charge on any atom is 0.147 e. The summed E-state index contributed by atoms with van der Waals surface area (Å²) >= 11 is 0. The van der Waals surface area contributed by atoms with Crippen molar-refractivity contribution in [1.82, 2.24) is 0 Å². The fraction of sp³-hybridized carbons (Fsp3) is 0. The average molecular weight is 341 g/mol. The fourth-order valence-corrected chi connectivity index (χ4v) is 0. The zero-order valence-corrected chi connectivity index (χ0v) is 10.1. The van der Waals surface area contributed by atoms with Crippen LogP contribution in [0.15, 0.2) is 0 Å². The molecule has 34 valence electrons. The van der Waals surface area contributed by atoms with Crippen LogP contribution in [0.4, 0.5) is 4.79 Å². The zero-order valence-electron chi connectivity index (χ0n) is 3.69. The van der Waals surface area contributed by atoms with E-state index in [2.05, 4.69) is 5.73 Å². The molecule has 0 bridgehead atoms. The van der Waals surface area contributed by atoms with Crippen LogP contribution in [0.3, 0.4) is 0 Å². The van der Waals surface area contributed by atoms with Crippen molar-refractivity contribution in [3.05, 3.63) is 13.2 Å². The van der Waals surface area contributed by atoms with Crippen molar-refractivity contribution in [2.75, 3.05) is 0 Å². The van der Waals surface area contributed by atoms with Crippen molar-refractivity contribution in [2.24, 2.45) is 5.73 Å². The van der Waals surface area contributed by atoms with E-state index in [4.69, 9.17) is 10.5 Å². The molecule has 3 nitrogen and oxygen atoms in total. The number of nitrogens with one attached hydrogen (secondary N) is 1. The van der Waals surface area contributed by atoms with Crippen molar-refractivity contribution in [2.45, 2.75) is 0 Å². The molecule has 0 saturated heterocycles. The molecule has 0 aliphatic rings. The van der Waals surface area contributed by atoms with Gasteiger partial charge in [-0.25, -0.2) is 0 Å². The molecule has 2 amide bonds. The molecular weight excluding hydrogens is 335 g/mol. The summed E-state index contributed by atoms with van der Waals surface area (Å²) in [6.07, 6.45) is 0. The molecule has 0 heterocycles. The third-order valence-electron chi connectivity index (χ3n) is 0. The molecule has 0 saturated carbocycles. The van der Waals surface area contributed by atoms with Gasteiger partial charge in [0.25, 0.3) is 0 Å². The Balaban J connectivity index is -0.0000000450. The molecule has 0 rings (SSSR count). The number of urea groups is 1. The van der Waals surface area contributed by atoms with E-state index in [1.165, 1.54) is 0 Å². The Morgan fingerprint density at radius 2 is 1.67 bits per heavy atom. The second-order valence-corrected chi connectivity index (χ2v) is 0.364. The summed E-state index contributed by atoms with van der Waals surface area (Å²) in [6, 6.07) is -1.08. The second-order valence-electron chi connectivity index (χ2n) is 0.364. The number of primary amides is 1. The number of hydrogen-bond donors (Lipinski definition) is 1. The number of rotatable bonds is 0. The topological polar surface area (TPSA) is 66.9 Å². The minimum Gasteiger partial charge on any atom is -0.463 e. The van der Waals surface area contributed by atoms with Crippen LogP contribution < -0.4 is 5.73 Å². The van der Waals surface area contributed by atoms with Gasteiger partial charge < -0.3 is 18.9 Å². The molecule has 0 fully saturated rings. The smallest absolute Gasteiger partial charge is 0.147 e. The Morgan fingerprint density at radius 3 is 1.67 bits per heavy atom. The third-order valence-corrected chi connectivity index (χ3v) is 0. The van der Waals surface area contributed by atoms with E-state index in [9.17, 15) is 0 Å². The van der Waals surface area contributed by atoms with E-state index in [0.717, 1.165) is 0 Å². The molecule has 0 aliphatic heterocycles. The molecule has 4 heteroatoms. The van der Waals surface area contributed by atoms with Gasteiger partial charge in [0, 0.05) is 0 Å². The van der Waals surface area contributed by atoms with Gasteiger partial charge in [-0.05, 0) is 0 Å². The van der Waals surface area contributed by atoms with Crippen molar-refractivity contribution in [3.8, 4) is 0 Å². The standard InChI is InChI=1S/CH4N2O.CH3.Rf/c2-1(3)4;;/h(H4,2,3,4);1H3;/q;-1;/p-1. The van der Waals surface area contributed by atoms with Gasteiger partial charge in [-0.15, -0.1) is 0 Å². The van der Waals surface area contributed by atoms with Crippen molar-refractivity contribution in [1.29, 1.82) is 0 Å². The van der Waals surface area contributed by atoms with Crippen molar-refractivity contribution < 1.29 is 4.79 Å². The average Bonchev–Trinajstić information content (AvgIpc) is 0.811. The fourth-order valence-electron chi connectivity index (χ4n) is 0. The van der Waals surface area contributed by atoms with Crippen molar-refractivity contribution >= 4 is 6.03 Å². The van der Waals surface area contributed by atoms with Gasteiger partial charge in [-0.2, -0.15) is 0 Å². The minimum absolute atomic E-state index is 0. The predicted molar refractivity (Wildman–Crippen MR) is 20.3 cm³/mol. The molecule has 0 radical (unpaired) electrons. The zero-order chi connectivity index (χ0) is 3.58. The van der Waals surface area contributed by atoms with E-state index in [0.29, 0.717) is 0 Å². The van der Waals surface area contributed by atoms with Crippen LogP contribution in [0.1, 0.15) is 0 Å². The number of carbonyl (C=O) groups excluding carboxylic acids is 1. The third kappa shape index (κ3) is 1.22. The first kappa shape index (κ1) is 28.3. The van der Waals surface area contributed by atoms with E-state index in [1.54, 1.807) is 0 Å². The summed E-state index contributed by atoms with van der Waals surface area (Å²) in [7, 11) is 0. The molecule has 6 heavy (non-hydrogen) atoms. The first-order valence-corrected chi connectivity index (χ1v) is 0.743. The van der Waals surface area contributed by atoms with Crippen LogP contribution in [0.5, 0.6) is 0 Å². The number of amides is 2. The van der Waals surface area contributed by atoms with Gasteiger partial charge in [0.1, 0.15) is 6.03 Å². The Labute approximate surface area is 31.0 Å². The number of hydrogen-bond acceptors (Lipinski definition) is 1. The van der Waals surface area contributed by atoms with Gasteiger partial charge >= 0.3 is 0 Å². The first-order valence-electron chi connectivity index (χ1n) is 0.743. The van der Waals surface area contributed by atoms with E-state index in [-0.39, 0.29) is 7.43 Å². The van der Waals surface area contributed by atoms with Crippen LogP contribution in [-0.2, 0) is 0 Å². The number of carbonyl (C=O) groups is 1. The molecule has 0 aliphatic carbocycles. The quantitative estimate of drug-likeness (QED) is 0.643. The largest absolute Gasteiger partial charge is 0.463 e. The molecule has 0 unspecified atom stereocenters. The molecule has 3 N–H and O–H groups in total. The molecule has 0 aromatic heterocycles. The van der Waals surface area contributed by atoms with E-state index >= 15 is 0 Å². The first-order chi connectivity index (χ1) is 1.73. The van der Waals surface area contributed by atoms with E-state index < -0.39 is 6.03 Å². The normalized spacial score (nSPS) is 4.00. The van der Waals surface area contributed by atoms with Gasteiger partial charge in [0.2, 0.25) is 0 Å². The van der Waals surface area contributed by atoms with Crippen LogP contribution >= 0.6 is 0 Å². The summed E-state index contributed by atoms with van der Waals surface area (Å²) in [6.45, 7) is 0. The molecule has 0 spiro atoms. The van der Waals surface area contributed by atoms with Gasteiger partial charge in [0.15, 0.2) is 0 Å². The predicted octanol–water partition coefficient (Wildman–Crippen LogP) is 0.568. The Hall–Kier alpha value is -1.73. The summed E-state index contributed by atoms with van der Waals surface area (Å²) in [5.41, 5.74) is 9.86. The van der Waals surface area contributed by atoms with Crippen LogP contribution in [0.2, 0.25) is 0 Å². The molecule has 0 aromatic rings. The summed E-state index contributed by atoms with van der Waals surface area (Å²) < 4.78 is 0. The van der Waals surface area contributed by atoms with Crippen LogP contribution in [0.25, 0.3) is 5.73 Å². The monoisotopic (exact) mass is 341 g/mol. The Bertz CT molecular complexity index is 34.5. The summed E-state index contributed by atoms with van der Waals surface area (Å²) in [4.78, 5) is 8.89. The minimum atomic E-state index is -1.08. The maximum absolute atomic E-state index is 8.89. The molecular formula is C2H6N2ORf-2. The van der Waals surface area contributed by atoms with Crippen LogP contribution in [-0.4, -0.2) is 6.03 Å². The van der Waals surface area contributed by atoms with Crippen LogP contribution in [0, 0.1) is 7.43 Å². The van der Waals surface area contributed by atoms with Gasteiger partial charge in [0.05, 0.1) is 0 Å². The SMILES string of the molecule is [CH3-].[NH-]C(N)=O.[Rf]. The maximum atomic E-state index is 8.89. The molecule has 0 aromatic carbocycles. The Kier molecular flexibility index (Phi) is 49.3. The summed E-state index contributed by atoms with van der Waals surface area (Å²) in [5, 5.41) is 0. The second kappa shape index (κ2) is 10.4. The van der Waals surface area contributed by atoms with Crippen molar-refractivity contribution in [3.63, 3.8) is 0 Å². The van der Waals surface area contributed by atoms with Gasteiger partial charge in [-0.3, -0.25) is 4.79 Å². The molecule has 0 atom stereocenters. The summed E-state index contributed by atoms with van der Waals surface area (Å²) in [5.74, 6) is 0.